The number of rotatable bonds is 5. The maximum absolute atomic E-state index is 14.1. The normalized spacial score (nSPS) is 11.0. The first-order chi connectivity index (χ1) is 13.4. The van der Waals surface area contributed by atoms with E-state index in [1.54, 1.807) is 22.8 Å². The molecule has 28 heavy (non-hydrogen) atoms. The Morgan fingerprint density at radius 2 is 1.93 bits per heavy atom. The summed E-state index contributed by atoms with van der Waals surface area (Å²) in [6.07, 6.45) is 1.45. The molecule has 3 rings (SSSR count). The van der Waals surface area contributed by atoms with Gasteiger partial charge in [-0.1, -0.05) is 18.2 Å². The van der Waals surface area contributed by atoms with E-state index < -0.39 is 10.8 Å². The van der Waals surface area contributed by atoms with E-state index in [0.717, 1.165) is 11.4 Å². The van der Waals surface area contributed by atoms with Crippen molar-refractivity contribution >= 4 is 17.8 Å². The smallest absolute Gasteiger partial charge is 0.271 e. The van der Waals surface area contributed by atoms with E-state index in [1.807, 2.05) is 19.9 Å². The van der Waals surface area contributed by atoms with Gasteiger partial charge in [-0.05, 0) is 38.1 Å². The van der Waals surface area contributed by atoms with Gasteiger partial charge in [0.2, 0.25) is 0 Å². The van der Waals surface area contributed by atoms with Gasteiger partial charge in [0.25, 0.3) is 11.6 Å². The van der Waals surface area contributed by atoms with Crippen molar-refractivity contribution in [3.63, 3.8) is 0 Å². The van der Waals surface area contributed by atoms with Crippen LogP contribution in [-0.2, 0) is 0 Å². The molecular formula is C20H17FN4O3. The minimum atomic E-state index is -0.572. The highest BCUT2D eigenvalue weighted by atomic mass is 19.1. The van der Waals surface area contributed by atoms with Crippen LogP contribution in [-0.4, -0.2) is 21.6 Å². The number of aromatic nitrogens is 1. The number of hydrogen-bond donors (Lipinski definition) is 1. The maximum atomic E-state index is 14.1. The summed E-state index contributed by atoms with van der Waals surface area (Å²) < 4.78 is 15.9. The molecule has 0 aliphatic carbocycles. The van der Waals surface area contributed by atoms with Crippen molar-refractivity contribution in [2.45, 2.75) is 13.8 Å². The molecule has 7 nitrogen and oxygen atoms in total. The van der Waals surface area contributed by atoms with Gasteiger partial charge >= 0.3 is 0 Å². The molecule has 0 aliphatic heterocycles. The molecule has 1 heterocycles. The number of nitrogens with zero attached hydrogens (tertiary/aromatic N) is 3. The molecule has 0 bridgehead atoms. The average molecular weight is 380 g/mol. The third-order valence-electron chi connectivity index (χ3n) is 4.25. The Labute approximate surface area is 160 Å². The molecule has 0 atom stereocenters. The molecule has 0 unspecified atom stereocenters. The number of nitrogens with one attached hydrogen (secondary N) is 1. The van der Waals surface area contributed by atoms with E-state index in [-0.39, 0.29) is 17.1 Å². The number of hydrogen-bond acceptors (Lipinski definition) is 4. The predicted molar refractivity (Wildman–Crippen MR) is 103 cm³/mol. The molecule has 142 valence electrons. The number of non-ortho nitro benzene ring substituents is 1. The summed E-state index contributed by atoms with van der Waals surface area (Å²) in [6, 6.07) is 13.6. The van der Waals surface area contributed by atoms with Crippen LogP contribution in [0.2, 0.25) is 0 Å². The molecule has 0 spiro atoms. The Bertz CT molecular complexity index is 1090. The van der Waals surface area contributed by atoms with Crippen LogP contribution in [0.3, 0.4) is 0 Å². The summed E-state index contributed by atoms with van der Waals surface area (Å²) in [6.45, 7) is 3.67. The fourth-order valence-electron chi connectivity index (χ4n) is 2.91. The molecule has 0 fully saturated rings. The third kappa shape index (κ3) is 3.80. The van der Waals surface area contributed by atoms with E-state index in [1.165, 1.54) is 36.5 Å². The minimum Gasteiger partial charge on any atom is -0.315 e. The van der Waals surface area contributed by atoms with Crippen LogP contribution in [0.5, 0.6) is 0 Å². The molecule has 3 aromatic rings. The van der Waals surface area contributed by atoms with Crippen LogP contribution < -0.4 is 5.43 Å². The van der Waals surface area contributed by atoms with Crippen LogP contribution in [0.25, 0.3) is 5.69 Å². The number of nitro benzene ring substituents is 1. The SMILES string of the molecule is Cc1cc(/C=N\NC(=O)c2cccc([N+](=O)[O-])c2)c(C)n1-c1ccccc1F. The first-order valence-corrected chi connectivity index (χ1v) is 8.40. The summed E-state index contributed by atoms with van der Waals surface area (Å²) in [4.78, 5) is 22.4. The molecule has 1 N–H and O–H groups in total. The maximum Gasteiger partial charge on any atom is 0.271 e. The van der Waals surface area contributed by atoms with E-state index in [0.29, 0.717) is 11.3 Å². The van der Waals surface area contributed by atoms with Crippen molar-refractivity contribution in [3.05, 3.63) is 93.0 Å². The largest absolute Gasteiger partial charge is 0.315 e. The van der Waals surface area contributed by atoms with Gasteiger partial charge in [-0.2, -0.15) is 5.10 Å². The number of carbonyl (C=O) groups is 1. The van der Waals surface area contributed by atoms with Crippen molar-refractivity contribution in [2.75, 3.05) is 0 Å². The summed E-state index contributed by atoms with van der Waals surface area (Å²) >= 11 is 0. The summed E-state index contributed by atoms with van der Waals surface area (Å²) in [7, 11) is 0. The zero-order valence-corrected chi connectivity index (χ0v) is 15.2. The van der Waals surface area contributed by atoms with Crippen molar-refractivity contribution in [1.82, 2.24) is 9.99 Å². The monoisotopic (exact) mass is 380 g/mol. The minimum absolute atomic E-state index is 0.128. The Kier molecular flexibility index (Phi) is 5.30. The van der Waals surface area contributed by atoms with Crippen molar-refractivity contribution in [3.8, 4) is 5.69 Å². The van der Waals surface area contributed by atoms with Gasteiger partial charge in [0.15, 0.2) is 0 Å². The molecule has 1 aromatic heterocycles. The lowest BCUT2D eigenvalue weighted by Crippen LogP contribution is -2.17. The zero-order valence-electron chi connectivity index (χ0n) is 15.2. The van der Waals surface area contributed by atoms with Gasteiger partial charge in [0.05, 0.1) is 16.8 Å². The van der Waals surface area contributed by atoms with E-state index in [2.05, 4.69) is 10.5 Å². The number of hydrazone groups is 1. The summed E-state index contributed by atoms with van der Waals surface area (Å²) in [5.41, 5.74) is 5.01. The average Bonchev–Trinajstić information content (AvgIpc) is 2.96. The number of halogens is 1. The highest BCUT2D eigenvalue weighted by Gasteiger charge is 2.13. The van der Waals surface area contributed by atoms with Gasteiger partial charge in [0, 0.05) is 34.6 Å². The fraction of sp³-hybridized carbons (Fsp3) is 0.100. The highest BCUT2D eigenvalue weighted by Crippen LogP contribution is 2.21. The Hall–Kier alpha value is -3.81. The molecule has 2 aromatic carbocycles. The second-order valence-electron chi connectivity index (χ2n) is 6.12. The van der Waals surface area contributed by atoms with Crippen LogP contribution in [0.15, 0.2) is 59.7 Å². The molecular weight excluding hydrogens is 363 g/mol. The van der Waals surface area contributed by atoms with Crippen LogP contribution >= 0.6 is 0 Å². The second-order valence-corrected chi connectivity index (χ2v) is 6.12. The highest BCUT2D eigenvalue weighted by molar-refractivity contribution is 5.95. The first-order valence-electron chi connectivity index (χ1n) is 8.40. The standard InChI is InChI=1S/C20H17FN4O3/c1-13-10-16(14(2)24(13)19-9-4-3-8-18(19)21)12-22-23-20(26)15-6-5-7-17(11-15)25(27)28/h3-12H,1-2H3,(H,23,26)/b22-12-. The molecule has 0 radical (unpaired) electrons. The number of benzene rings is 2. The van der Waals surface area contributed by atoms with Crippen molar-refractivity contribution in [1.29, 1.82) is 0 Å². The van der Waals surface area contributed by atoms with Gasteiger partial charge in [-0.15, -0.1) is 0 Å². The van der Waals surface area contributed by atoms with Crippen LogP contribution in [0, 0.1) is 29.8 Å². The summed E-state index contributed by atoms with van der Waals surface area (Å²) in [5, 5.41) is 14.7. The number of carbonyl (C=O) groups excluding carboxylic acids is 1. The van der Waals surface area contributed by atoms with E-state index in [4.69, 9.17) is 0 Å². The lowest BCUT2D eigenvalue weighted by Gasteiger charge is -2.10. The number of para-hydroxylation sites is 1. The molecule has 0 saturated carbocycles. The van der Waals surface area contributed by atoms with Gasteiger partial charge in [-0.3, -0.25) is 14.9 Å². The van der Waals surface area contributed by atoms with Gasteiger partial charge in [0.1, 0.15) is 5.82 Å². The van der Waals surface area contributed by atoms with Crippen molar-refractivity contribution in [2.24, 2.45) is 5.10 Å². The Morgan fingerprint density at radius 3 is 2.64 bits per heavy atom. The Morgan fingerprint density at radius 1 is 1.18 bits per heavy atom. The quantitative estimate of drug-likeness (QED) is 0.413. The zero-order chi connectivity index (χ0) is 20.3. The van der Waals surface area contributed by atoms with Crippen molar-refractivity contribution < 1.29 is 14.1 Å². The summed E-state index contributed by atoms with van der Waals surface area (Å²) in [5.74, 6) is -0.908. The lowest BCUT2D eigenvalue weighted by molar-refractivity contribution is -0.384. The molecule has 0 saturated heterocycles. The predicted octanol–water partition coefficient (Wildman–Crippen LogP) is 3.91. The van der Waals surface area contributed by atoms with Crippen LogP contribution in [0.1, 0.15) is 27.3 Å². The second kappa shape index (κ2) is 7.83. The third-order valence-corrected chi connectivity index (χ3v) is 4.25. The molecule has 1 amide bonds. The number of aryl methyl sites for hydroxylation is 1. The topological polar surface area (TPSA) is 89.5 Å². The first kappa shape index (κ1) is 19.0. The number of nitro groups is 1. The van der Waals surface area contributed by atoms with Gasteiger partial charge in [-0.25, -0.2) is 9.82 Å². The Balaban J connectivity index is 1.79. The van der Waals surface area contributed by atoms with E-state index in [9.17, 15) is 19.3 Å². The molecule has 8 heteroatoms. The molecule has 0 aliphatic rings. The lowest BCUT2D eigenvalue weighted by atomic mass is 10.2. The van der Waals surface area contributed by atoms with Crippen LogP contribution in [0.4, 0.5) is 10.1 Å². The van der Waals surface area contributed by atoms with Gasteiger partial charge < -0.3 is 4.57 Å². The fourth-order valence-corrected chi connectivity index (χ4v) is 2.91. The van der Waals surface area contributed by atoms with E-state index >= 15 is 0 Å². The number of amides is 1.